The Kier molecular flexibility index (Phi) is 4.84. The molecule has 0 bridgehead atoms. The van der Waals surface area contributed by atoms with Crippen LogP contribution in [0.5, 0.6) is 0 Å². The zero-order valence-electron chi connectivity index (χ0n) is 14.2. The molecule has 1 heterocycles. The Morgan fingerprint density at radius 3 is 2.12 bits per heavy atom. The molecule has 0 saturated carbocycles. The van der Waals surface area contributed by atoms with E-state index in [9.17, 15) is 19.5 Å². The first kappa shape index (κ1) is 17.4. The molecule has 0 N–H and O–H groups in total. The minimum Gasteiger partial charge on any atom is -0.548 e. The highest BCUT2D eigenvalue weighted by atomic mass is 16.4. The summed E-state index contributed by atoms with van der Waals surface area (Å²) in [6.45, 7) is 0.783. The van der Waals surface area contributed by atoms with Gasteiger partial charge in [0.05, 0.1) is 18.2 Å². The van der Waals surface area contributed by atoms with Crippen molar-refractivity contribution in [3.8, 4) is 0 Å². The third-order valence-electron chi connectivity index (χ3n) is 4.17. The molecule has 0 spiro atoms. The molecule has 1 unspecified atom stereocenters. The van der Waals surface area contributed by atoms with Crippen LogP contribution in [0.25, 0.3) is 5.70 Å². The zero-order valence-corrected chi connectivity index (χ0v) is 14.2. The van der Waals surface area contributed by atoms with Crippen molar-refractivity contribution in [2.75, 3.05) is 6.54 Å². The molecular formula is C20H17N2O4-. The van der Waals surface area contributed by atoms with Crippen molar-refractivity contribution in [2.45, 2.75) is 13.0 Å². The first-order chi connectivity index (χ1) is 12.5. The molecule has 6 heteroatoms. The molecule has 2 amide bonds. The second-order valence-corrected chi connectivity index (χ2v) is 5.92. The van der Waals surface area contributed by atoms with Crippen LogP contribution in [0.3, 0.4) is 0 Å². The maximum Gasteiger partial charge on any atom is 0.255 e. The predicted molar refractivity (Wildman–Crippen MR) is 92.8 cm³/mol. The maximum atomic E-state index is 13.2. The molecule has 0 aromatic heterocycles. The van der Waals surface area contributed by atoms with Gasteiger partial charge >= 0.3 is 0 Å². The van der Waals surface area contributed by atoms with Gasteiger partial charge in [0.25, 0.3) is 5.91 Å². The average molecular weight is 349 g/mol. The van der Waals surface area contributed by atoms with Gasteiger partial charge in [-0.1, -0.05) is 60.7 Å². The normalized spacial score (nSPS) is 17.0. The fourth-order valence-corrected chi connectivity index (χ4v) is 3.00. The van der Waals surface area contributed by atoms with Crippen molar-refractivity contribution >= 4 is 23.5 Å². The van der Waals surface area contributed by atoms with Gasteiger partial charge in [-0.15, -0.1) is 0 Å². The van der Waals surface area contributed by atoms with Crippen molar-refractivity contribution in [3.05, 3.63) is 78.0 Å². The van der Waals surface area contributed by atoms with Gasteiger partial charge in [0, 0.05) is 13.1 Å². The maximum absolute atomic E-state index is 13.2. The van der Waals surface area contributed by atoms with Gasteiger partial charge in [-0.2, -0.15) is 0 Å². The highest BCUT2D eigenvalue weighted by Crippen LogP contribution is 2.34. The molecule has 132 valence electrons. The molecule has 1 atom stereocenters. The molecule has 1 aliphatic heterocycles. The summed E-state index contributed by atoms with van der Waals surface area (Å²) in [5, 5.41) is 11.2. The van der Waals surface area contributed by atoms with Crippen molar-refractivity contribution in [2.24, 2.45) is 0 Å². The van der Waals surface area contributed by atoms with Crippen LogP contribution in [0.4, 0.5) is 0 Å². The third-order valence-corrected chi connectivity index (χ3v) is 4.17. The minimum absolute atomic E-state index is 0.311. The van der Waals surface area contributed by atoms with E-state index in [2.05, 4.69) is 0 Å². The van der Waals surface area contributed by atoms with E-state index in [1.54, 1.807) is 54.6 Å². The monoisotopic (exact) mass is 349 g/mol. The number of aliphatic carboxylic acids is 1. The van der Waals surface area contributed by atoms with E-state index < -0.39 is 24.5 Å². The lowest BCUT2D eigenvalue weighted by Gasteiger charge is -2.39. The summed E-state index contributed by atoms with van der Waals surface area (Å²) in [5.41, 5.74) is 1.60. The number of carbonyl (C=O) groups excluding carboxylic acids is 3. The fraction of sp³-hybridized carbons (Fsp3) is 0.150. The summed E-state index contributed by atoms with van der Waals surface area (Å²) in [5.74, 6) is -2.17. The van der Waals surface area contributed by atoms with E-state index in [0.29, 0.717) is 16.8 Å². The lowest BCUT2D eigenvalue weighted by molar-refractivity contribution is -0.305. The smallest absolute Gasteiger partial charge is 0.255 e. The van der Waals surface area contributed by atoms with Gasteiger partial charge in [-0.3, -0.25) is 9.59 Å². The second kappa shape index (κ2) is 7.23. The van der Waals surface area contributed by atoms with Crippen LogP contribution in [-0.4, -0.2) is 34.1 Å². The van der Waals surface area contributed by atoms with E-state index in [-0.39, 0.29) is 5.91 Å². The van der Waals surface area contributed by atoms with Gasteiger partial charge in [0.15, 0.2) is 0 Å². The van der Waals surface area contributed by atoms with Gasteiger partial charge in [0.1, 0.15) is 6.04 Å². The van der Waals surface area contributed by atoms with E-state index in [1.807, 2.05) is 6.07 Å². The van der Waals surface area contributed by atoms with Crippen LogP contribution in [0.15, 0.2) is 66.9 Å². The number of rotatable bonds is 4. The van der Waals surface area contributed by atoms with E-state index in [1.165, 1.54) is 18.0 Å². The fourth-order valence-electron chi connectivity index (χ4n) is 3.00. The van der Waals surface area contributed by atoms with Gasteiger partial charge in [-0.25, -0.2) is 0 Å². The van der Waals surface area contributed by atoms with Crippen molar-refractivity contribution < 1.29 is 19.5 Å². The second-order valence-electron chi connectivity index (χ2n) is 5.92. The molecule has 0 fully saturated rings. The highest BCUT2D eigenvalue weighted by Gasteiger charge is 2.38. The lowest BCUT2D eigenvalue weighted by atomic mass is 9.99. The largest absolute Gasteiger partial charge is 0.548 e. The third kappa shape index (κ3) is 3.35. The Bertz CT molecular complexity index is 862. The van der Waals surface area contributed by atoms with Gasteiger partial charge in [0.2, 0.25) is 5.91 Å². The van der Waals surface area contributed by atoms with Crippen LogP contribution < -0.4 is 5.11 Å². The predicted octanol–water partition coefficient (Wildman–Crippen LogP) is 1.17. The molecule has 1 aliphatic rings. The van der Waals surface area contributed by atoms with E-state index in [0.717, 1.165) is 4.90 Å². The minimum atomic E-state index is -1.37. The number of carbonyl (C=O) groups is 3. The van der Waals surface area contributed by atoms with Crippen molar-refractivity contribution in [1.82, 2.24) is 9.80 Å². The number of hydrogen-bond donors (Lipinski definition) is 0. The molecule has 2 aromatic rings. The van der Waals surface area contributed by atoms with Crippen molar-refractivity contribution in [1.29, 1.82) is 0 Å². The SMILES string of the molecule is CC(=O)N1C=C(c2ccccc2)N(CC(=O)[O-])C(=O)C1c1ccccc1. The van der Waals surface area contributed by atoms with Crippen LogP contribution in [-0.2, 0) is 14.4 Å². The molecule has 0 saturated heterocycles. The van der Waals surface area contributed by atoms with Crippen molar-refractivity contribution in [3.63, 3.8) is 0 Å². The summed E-state index contributed by atoms with van der Waals surface area (Å²) in [7, 11) is 0. The number of carboxylic acid groups (broad SMARTS) is 1. The number of nitrogens with zero attached hydrogens (tertiary/aromatic N) is 2. The Balaban J connectivity index is 2.15. The molecule has 0 radical (unpaired) electrons. The number of benzene rings is 2. The summed E-state index contributed by atoms with van der Waals surface area (Å²) in [6.07, 6.45) is 1.53. The first-order valence-electron chi connectivity index (χ1n) is 8.11. The molecule has 26 heavy (non-hydrogen) atoms. The Morgan fingerprint density at radius 2 is 1.58 bits per heavy atom. The number of amides is 2. The Labute approximate surface area is 151 Å². The van der Waals surface area contributed by atoms with E-state index in [4.69, 9.17) is 0 Å². The average Bonchev–Trinajstić information content (AvgIpc) is 2.64. The molecular weight excluding hydrogens is 332 g/mol. The summed E-state index contributed by atoms with van der Waals surface area (Å²) in [6, 6.07) is 16.8. The molecule has 6 nitrogen and oxygen atoms in total. The molecule has 2 aromatic carbocycles. The van der Waals surface area contributed by atoms with Crippen LogP contribution in [0, 0.1) is 0 Å². The van der Waals surface area contributed by atoms with Crippen LogP contribution in [0.1, 0.15) is 24.1 Å². The van der Waals surface area contributed by atoms with Gasteiger partial charge < -0.3 is 19.7 Å². The standard InChI is InChI=1S/C20H18N2O4/c1-14(23)21-12-17(15-8-4-2-5-9-15)22(13-18(24)25)20(26)19(21)16-10-6-3-7-11-16/h2-12,19H,13H2,1H3,(H,24,25)/p-1. The Morgan fingerprint density at radius 1 is 1.00 bits per heavy atom. The van der Waals surface area contributed by atoms with Gasteiger partial charge in [-0.05, 0) is 11.1 Å². The number of hydrogen-bond acceptors (Lipinski definition) is 4. The molecule has 0 aliphatic carbocycles. The summed E-state index contributed by atoms with van der Waals surface area (Å²) >= 11 is 0. The number of carboxylic acids is 1. The van der Waals surface area contributed by atoms with E-state index >= 15 is 0 Å². The van der Waals surface area contributed by atoms with Crippen LogP contribution in [0.2, 0.25) is 0 Å². The zero-order chi connectivity index (χ0) is 18.7. The molecule has 3 rings (SSSR count). The summed E-state index contributed by atoms with van der Waals surface area (Å²) < 4.78 is 0. The lowest BCUT2D eigenvalue weighted by Crippen LogP contribution is -2.50. The first-order valence-corrected chi connectivity index (χ1v) is 8.11. The Hall–Kier alpha value is -3.41. The quantitative estimate of drug-likeness (QED) is 0.830. The summed E-state index contributed by atoms with van der Waals surface area (Å²) in [4.78, 5) is 39.1. The highest BCUT2D eigenvalue weighted by molar-refractivity contribution is 5.99. The van der Waals surface area contributed by atoms with Crippen LogP contribution >= 0.6 is 0 Å². The topological polar surface area (TPSA) is 80.8 Å².